The molecule has 0 saturated carbocycles. The van der Waals surface area contributed by atoms with Crippen LogP contribution in [0.15, 0.2) is 18.2 Å². The van der Waals surface area contributed by atoms with Crippen LogP contribution in [0.5, 0.6) is 0 Å². The molecule has 0 unspecified atom stereocenters. The Morgan fingerprint density at radius 1 is 1.30 bits per heavy atom. The van der Waals surface area contributed by atoms with Crippen molar-refractivity contribution in [2.75, 3.05) is 29.9 Å². The number of hydrogen-bond acceptors (Lipinski definition) is 3. The molecule has 6 heteroatoms. The van der Waals surface area contributed by atoms with E-state index < -0.39 is 0 Å². The van der Waals surface area contributed by atoms with E-state index in [-0.39, 0.29) is 30.4 Å². The van der Waals surface area contributed by atoms with Crippen molar-refractivity contribution in [1.82, 2.24) is 5.32 Å². The largest absolute Gasteiger partial charge is 0.396 e. The second-order valence-corrected chi connectivity index (χ2v) is 6.35. The lowest BCUT2D eigenvalue weighted by molar-refractivity contribution is 0.227. The van der Waals surface area contributed by atoms with Crippen molar-refractivity contribution in [2.24, 2.45) is 5.92 Å². The number of hydrogen-bond donors (Lipinski definition) is 3. The highest BCUT2D eigenvalue weighted by Gasteiger charge is 2.17. The van der Waals surface area contributed by atoms with Crippen LogP contribution in [0.25, 0.3) is 0 Å². The number of benzene rings is 1. The zero-order valence-electron chi connectivity index (χ0n) is 13.8. The first-order chi connectivity index (χ1) is 11.0. The molecular formula is C17H26FN3O2. The Morgan fingerprint density at radius 2 is 2.00 bits per heavy atom. The van der Waals surface area contributed by atoms with Gasteiger partial charge in [0, 0.05) is 37.1 Å². The first-order valence-electron chi connectivity index (χ1n) is 8.23. The average Bonchev–Trinajstić information content (AvgIpc) is 3.00. The summed E-state index contributed by atoms with van der Waals surface area (Å²) in [5.41, 5.74) is 1.24. The van der Waals surface area contributed by atoms with Gasteiger partial charge >= 0.3 is 6.03 Å². The third kappa shape index (κ3) is 5.10. The summed E-state index contributed by atoms with van der Waals surface area (Å²) in [6.07, 6.45) is 2.71. The van der Waals surface area contributed by atoms with Crippen LogP contribution < -0.4 is 15.5 Å². The molecule has 0 bridgehead atoms. The molecule has 3 N–H and O–H groups in total. The zero-order valence-corrected chi connectivity index (χ0v) is 13.8. The van der Waals surface area contributed by atoms with Gasteiger partial charge < -0.3 is 20.6 Å². The Balaban J connectivity index is 2.02. The molecule has 23 heavy (non-hydrogen) atoms. The molecule has 1 heterocycles. The lowest BCUT2D eigenvalue weighted by Gasteiger charge is -2.22. The van der Waals surface area contributed by atoms with Crippen LogP contribution in [-0.4, -0.2) is 36.9 Å². The smallest absolute Gasteiger partial charge is 0.319 e. The fourth-order valence-electron chi connectivity index (χ4n) is 2.85. The molecule has 0 aromatic heterocycles. The predicted molar refractivity (Wildman–Crippen MR) is 90.3 cm³/mol. The molecule has 1 atom stereocenters. The minimum atomic E-state index is -0.380. The monoisotopic (exact) mass is 323 g/mol. The number of urea groups is 1. The van der Waals surface area contributed by atoms with Gasteiger partial charge in [-0.15, -0.1) is 0 Å². The quantitative estimate of drug-likeness (QED) is 0.754. The van der Waals surface area contributed by atoms with Gasteiger partial charge in [-0.3, -0.25) is 0 Å². The van der Waals surface area contributed by atoms with E-state index in [4.69, 9.17) is 5.11 Å². The highest BCUT2D eigenvalue weighted by molar-refractivity contribution is 5.90. The number of carbonyl (C=O) groups excluding carboxylic acids is 1. The summed E-state index contributed by atoms with van der Waals surface area (Å²) in [6.45, 7) is 5.81. The van der Waals surface area contributed by atoms with E-state index >= 15 is 0 Å². The van der Waals surface area contributed by atoms with Crippen molar-refractivity contribution in [3.63, 3.8) is 0 Å². The van der Waals surface area contributed by atoms with Gasteiger partial charge in [-0.05, 0) is 43.4 Å². The van der Waals surface area contributed by atoms with E-state index in [1.165, 1.54) is 12.1 Å². The van der Waals surface area contributed by atoms with Gasteiger partial charge in [0.15, 0.2) is 0 Å². The fourth-order valence-corrected chi connectivity index (χ4v) is 2.85. The van der Waals surface area contributed by atoms with Crippen molar-refractivity contribution in [1.29, 1.82) is 0 Å². The number of carbonyl (C=O) groups is 1. The molecule has 0 spiro atoms. The van der Waals surface area contributed by atoms with Crippen molar-refractivity contribution >= 4 is 17.4 Å². The lowest BCUT2D eigenvalue weighted by Crippen LogP contribution is -2.41. The zero-order chi connectivity index (χ0) is 16.8. The molecule has 1 aliphatic rings. The second-order valence-electron chi connectivity index (χ2n) is 6.35. The minimum absolute atomic E-state index is 0.0161. The maximum atomic E-state index is 13.8. The SMILES string of the molecule is CC(C)[C@H](CCO)NC(=O)Nc1cc(F)cc(N2CCCC2)c1. The number of amides is 2. The van der Waals surface area contributed by atoms with Gasteiger partial charge in [-0.2, -0.15) is 0 Å². The summed E-state index contributed by atoms with van der Waals surface area (Å²) in [7, 11) is 0. The number of nitrogens with one attached hydrogen (secondary N) is 2. The van der Waals surface area contributed by atoms with Crippen LogP contribution in [0, 0.1) is 11.7 Å². The normalized spacial score (nSPS) is 15.8. The number of halogens is 1. The molecule has 1 aliphatic heterocycles. The standard InChI is InChI=1S/C17H26FN3O2/c1-12(2)16(5-8-22)20-17(23)19-14-9-13(18)10-15(11-14)21-6-3-4-7-21/h9-12,16,22H,3-8H2,1-2H3,(H2,19,20,23)/t16-/m0/s1. The van der Waals surface area contributed by atoms with E-state index in [0.717, 1.165) is 31.6 Å². The molecule has 2 rings (SSSR count). The number of nitrogens with zero attached hydrogens (tertiary/aromatic N) is 1. The third-order valence-electron chi connectivity index (χ3n) is 4.17. The first-order valence-corrected chi connectivity index (χ1v) is 8.23. The summed E-state index contributed by atoms with van der Waals surface area (Å²) in [5, 5.41) is 14.6. The molecule has 1 aromatic carbocycles. The Labute approximate surface area is 136 Å². The van der Waals surface area contributed by atoms with E-state index in [1.807, 2.05) is 13.8 Å². The van der Waals surface area contributed by atoms with E-state index in [9.17, 15) is 9.18 Å². The first kappa shape index (κ1) is 17.5. The third-order valence-corrected chi connectivity index (χ3v) is 4.17. The van der Waals surface area contributed by atoms with Crippen LogP contribution in [0.2, 0.25) is 0 Å². The Morgan fingerprint density at radius 3 is 2.61 bits per heavy atom. The van der Waals surface area contributed by atoms with Crippen LogP contribution in [-0.2, 0) is 0 Å². The number of rotatable bonds is 6. The molecule has 5 nitrogen and oxygen atoms in total. The van der Waals surface area contributed by atoms with Crippen molar-refractivity contribution in [3.05, 3.63) is 24.0 Å². The maximum absolute atomic E-state index is 13.8. The molecular weight excluding hydrogens is 297 g/mol. The molecule has 1 fully saturated rings. The number of aliphatic hydroxyl groups is 1. The molecule has 2 amide bonds. The molecule has 0 aliphatic carbocycles. The summed E-state index contributed by atoms with van der Waals surface area (Å²) < 4.78 is 13.8. The molecule has 1 saturated heterocycles. The summed E-state index contributed by atoms with van der Waals surface area (Å²) in [6, 6.07) is 4.11. The summed E-state index contributed by atoms with van der Waals surface area (Å²) in [4.78, 5) is 14.2. The number of aliphatic hydroxyl groups excluding tert-OH is 1. The van der Waals surface area contributed by atoms with Crippen molar-refractivity contribution in [3.8, 4) is 0 Å². The van der Waals surface area contributed by atoms with Crippen LogP contribution >= 0.6 is 0 Å². The van der Waals surface area contributed by atoms with E-state index in [0.29, 0.717) is 12.1 Å². The Kier molecular flexibility index (Phi) is 6.21. The Hall–Kier alpha value is -1.82. The molecule has 0 radical (unpaired) electrons. The van der Waals surface area contributed by atoms with Gasteiger partial charge in [-0.25, -0.2) is 9.18 Å². The lowest BCUT2D eigenvalue weighted by atomic mass is 10.0. The highest BCUT2D eigenvalue weighted by atomic mass is 19.1. The van der Waals surface area contributed by atoms with Crippen LogP contribution in [0.1, 0.15) is 33.1 Å². The summed E-state index contributed by atoms with van der Waals surface area (Å²) >= 11 is 0. The minimum Gasteiger partial charge on any atom is -0.396 e. The van der Waals surface area contributed by atoms with Crippen molar-refractivity contribution in [2.45, 2.75) is 39.2 Å². The van der Waals surface area contributed by atoms with Gasteiger partial charge in [-0.1, -0.05) is 13.8 Å². The highest BCUT2D eigenvalue weighted by Crippen LogP contribution is 2.25. The van der Waals surface area contributed by atoms with E-state index in [2.05, 4.69) is 15.5 Å². The summed E-state index contributed by atoms with van der Waals surface area (Å²) in [5.74, 6) is -0.152. The van der Waals surface area contributed by atoms with Crippen LogP contribution in [0.4, 0.5) is 20.6 Å². The average molecular weight is 323 g/mol. The van der Waals surface area contributed by atoms with Gasteiger partial charge in [0.25, 0.3) is 0 Å². The maximum Gasteiger partial charge on any atom is 0.319 e. The predicted octanol–water partition coefficient (Wildman–Crippen LogP) is 2.95. The van der Waals surface area contributed by atoms with Gasteiger partial charge in [0.05, 0.1) is 0 Å². The van der Waals surface area contributed by atoms with Gasteiger partial charge in [0.1, 0.15) is 5.82 Å². The topological polar surface area (TPSA) is 64.6 Å². The molecule has 1 aromatic rings. The molecule has 128 valence electrons. The van der Waals surface area contributed by atoms with E-state index in [1.54, 1.807) is 6.07 Å². The van der Waals surface area contributed by atoms with Crippen LogP contribution in [0.3, 0.4) is 0 Å². The fraction of sp³-hybridized carbons (Fsp3) is 0.588. The Bertz CT molecular complexity index is 531. The van der Waals surface area contributed by atoms with Crippen molar-refractivity contribution < 1.29 is 14.3 Å². The second kappa shape index (κ2) is 8.15. The van der Waals surface area contributed by atoms with Gasteiger partial charge in [0.2, 0.25) is 0 Å². The number of anilines is 2.